The Morgan fingerprint density at radius 2 is 1.75 bits per heavy atom. The van der Waals surface area contributed by atoms with Crippen LogP contribution in [-0.2, 0) is 0 Å². The van der Waals surface area contributed by atoms with Crippen molar-refractivity contribution in [3.8, 4) is 0 Å². The first kappa shape index (κ1) is 16.5. The van der Waals surface area contributed by atoms with Crippen LogP contribution in [0.25, 0.3) is 0 Å². The Morgan fingerprint density at radius 1 is 1.08 bits per heavy atom. The fourth-order valence-electron chi connectivity index (χ4n) is 3.41. The average molecular weight is 329 g/mol. The van der Waals surface area contributed by atoms with Gasteiger partial charge in [0.2, 0.25) is 0 Å². The summed E-state index contributed by atoms with van der Waals surface area (Å²) >= 11 is 0. The summed E-state index contributed by atoms with van der Waals surface area (Å²) in [5, 5.41) is 5.74. The zero-order valence-electron chi connectivity index (χ0n) is 14.1. The molecule has 1 aromatic carbocycles. The lowest BCUT2D eigenvalue weighted by atomic mass is 9.96. The minimum atomic E-state index is -0.304. The summed E-state index contributed by atoms with van der Waals surface area (Å²) < 4.78 is 0. The summed E-state index contributed by atoms with van der Waals surface area (Å²) in [6.07, 6.45) is 5.53. The van der Waals surface area contributed by atoms with Gasteiger partial charge in [0.25, 0.3) is 11.8 Å². The maximum absolute atomic E-state index is 12.4. The molecule has 1 aliphatic carbocycles. The van der Waals surface area contributed by atoms with E-state index in [9.17, 15) is 14.4 Å². The van der Waals surface area contributed by atoms with E-state index < -0.39 is 0 Å². The minimum Gasteiger partial charge on any atom is -0.335 e. The molecule has 0 saturated heterocycles. The smallest absolute Gasteiger partial charge is 0.319 e. The summed E-state index contributed by atoms with van der Waals surface area (Å²) in [7, 11) is 0. The van der Waals surface area contributed by atoms with Crippen LogP contribution in [0.4, 0.5) is 10.5 Å². The number of imide groups is 1. The van der Waals surface area contributed by atoms with Crippen molar-refractivity contribution in [1.29, 1.82) is 0 Å². The molecule has 0 radical (unpaired) electrons. The third kappa shape index (κ3) is 3.13. The molecule has 1 aromatic rings. The van der Waals surface area contributed by atoms with Crippen LogP contribution < -0.4 is 10.6 Å². The Balaban J connectivity index is 1.70. The second-order valence-corrected chi connectivity index (χ2v) is 6.77. The maximum Gasteiger partial charge on any atom is 0.319 e. The highest BCUT2D eigenvalue weighted by atomic mass is 16.2. The first-order chi connectivity index (χ1) is 11.5. The quantitative estimate of drug-likeness (QED) is 0.836. The van der Waals surface area contributed by atoms with Crippen LogP contribution in [0.15, 0.2) is 18.2 Å². The maximum atomic E-state index is 12.4. The standard InChI is InChI=1S/C18H23N3O3/c1-11(2)21-16(22)14-9-8-13(10-15(14)17(21)23)20-18(24)19-12-6-4-3-5-7-12/h8-12H,3-7H2,1-2H3,(H2,19,20,24). The van der Waals surface area contributed by atoms with E-state index in [-0.39, 0.29) is 29.9 Å². The van der Waals surface area contributed by atoms with Gasteiger partial charge in [0.05, 0.1) is 11.1 Å². The summed E-state index contributed by atoms with van der Waals surface area (Å²) in [6.45, 7) is 3.61. The summed E-state index contributed by atoms with van der Waals surface area (Å²) in [6, 6.07) is 4.61. The van der Waals surface area contributed by atoms with Gasteiger partial charge in [-0.05, 0) is 44.9 Å². The van der Waals surface area contributed by atoms with Gasteiger partial charge in [0.15, 0.2) is 0 Å². The fraction of sp³-hybridized carbons (Fsp3) is 0.500. The number of amides is 4. The Labute approximate surface area is 141 Å². The number of fused-ring (bicyclic) bond motifs is 1. The Hall–Kier alpha value is -2.37. The third-order valence-corrected chi connectivity index (χ3v) is 4.63. The van der Waals surface area contributed by atoms with Crippen molar-refractivity contribution < 1.29 is 14.4 Å². The molecule has 2 N–H and O–H groups in total. The summed E-state index contributed by atoms with van der Waals surface area (Å²) in [5.41, 5.74) is 1.27. The largest absolute Gasteiger partial charge is 0.335 e. The summed E-state index contributed by atoms with van der Waals surface area (Å²) in [4.78, 5) is 38.0. The molecule has 24 heavy (non-hydrogen) atoms. The van der Waals surface area contributed by atoms with Gasteiger partial charge in [-0.1, -0.05) is 19.3 Å². The van der Waals surface area contributed by atoms with E-state index in [0.717, 1.165) is 25.7 Å². The molecule has 1 heterocycles. The molecule has 0 aromatic heterocycles. The Kier molecular flexibility index (Phi) is 4.55. The van der Waals surface area contributed by atoms with Gasteiger partial charge < -0.3 is 10.6 Å². The van der Waals surface area contributed by atoms with Gasteiger partial charge in [-0.25, -0.2) is 4.79 Å². The van der Waals surface area contributed by atoms with Crippen LogP contribution in [0.5, 0.6) is 0 Å². The number of benzene rings is 1. The number of urea groups is 1. The number of nitrogens with zero attached hydrogens (tertiary/aromatic N) is 1. The van der Waals surface area contributed by atoms with E-state index in [0.29, 0.717) is 16.8 Å². The van der Waals surface area contributed by atoms with Crippen molar-refractivity contribution >= 4 is 23.5 Å². The van der Waals surface area contributed by atoms with E-state index >= 15 is 0 Å². The zero-order valence-corrected chi connectivity index (χ0v) is 14.1. The number of carbonyl (C=O) groups is 3. The fourth-order valence-corrected chi connectivity index (χ4v) is 3.41. The van der Waals surface area contributed by atoms with Gasteiger partial charge in [-0.2, -0.15) is 0 Å². The van der Waals surface area contributed by atoms with Crippen LogP contribution >= 0.6 is 0 Å². The van der Waals surface area contributed by atoms with Gasteiger partial charge in [0, 0.05) is 17.8 Å². The average Bonchev–Trinajstić information content (AvgIpc) is 2.79. The van der Waals surface area contributed by atoms with E-state index in [1.165, 1.54) is 11.3 Å². The molecule has 0 bridgehead atoms. The van der Waals surface area contributed by atoms with Crippen LogP contribution in [0, 0.1) is 0 Å². The lowest BCUT2D eigenvalue weighted by molar-refractivity contribution is 0.0609. The molecule has 6 heteroatoms. The van der Waals surface area contributed by atoms with Crippen molar-refractivity contribution in [1.82, 2.24) is 10.2 Å². The van der Waals surface area contributed by atoms with Gasteiger partial charge in [0.1, 0.15) is 0 Å². The zero-order chi connectivity index (χ0) is 17.3. The van der Waals surface area contributed by atoms with E-state index in [1.54, 1.807) is 32.0 Å². The molecular weight excluding hydrogens is 306 g/mol. The molecule has 0 atom stereocenters. The predicted molar refractivity (Wildman–Crippen MR) is 91.1 cm³/mol. The topological polar surface area (TPSA) is 78.5 Å². The van der Waals surface area contributed by atoms with E-state index in [1.807, 2.05) is 0 Å². The molecule has 2 aliphatic rings. The van der Waals surface area contributed by atoms with Crippen LogP contribution in [0.2, 0.25) is 0 Å². The van der Waals surface area contributed by atoms with Crippen LogP contribution in [-0.4, -0.2) is 34.8 Å². The number of rotatable bonds is 3. The highest BCUT2D eigenvalue weighted by Gasteiger charge is 2.37. The van der Waals surface area contributed by atoms with E-state index in [2.05, 4.69) is 10.6 Å². The highest BCUT2D eigenvalue weighted by Crippen LogP contribution is 2.27. The number of nitrogens with one attached hydrogen (secondary N) is 2. The van der Waals surface area contributed by atoms with Gasteiger partial charge >= 0.3 is 6.03 Å². The number of carbonyl (C=O) groups excluding carboxylic acids is 3. The number of hydrogen-bond acceptors (Lipinski definition) is 3. The normalized spacial score (nSPS) is 18.0. The highest BCUT2D eigenvalue weighted by molar-refractivity contribution is 6.22. The molecule has 0 spiro atoms. The lowest BCUT2D eigenvalue weighted by Crippen LogP contribution is -2.39. The first-order valence-corrected chi connectivity index (χ1v) is 8.57. The van der Waals surface area contributed by atoms with Gasteiger partial charge in [-0.3, -0.25) is 14.5 Å². The van der Waals surface area contributed by atoms with E-state index in [4.69, 9.17) is 0 Å². The number of anilines is 1. The molecule has 6 nitrogen and oxygen atoms in total. The predicted octanol–water partition coefficient (Wildman–Crippen LogP) is 3.15. The molecule has 1 aliphatic heterocycles. The van der Waals surface area contributed by atoms with Crippen LogP contribution in [0.3, 0.4) is 0 Å². The SMILES string of the molecule is CC(C)N1C(=O)c2ccc(NC(=O)NC3CCCCC3)cc2C1=O. The van der Waals surface area contributed by atoms with Crippen molar-refractivity contribution in [2.24, 2.45) is 0 Å². The summed E-state index contributed by atoms with van der Waals surface area (Å²) in [5.74, 6) is -0.579. The molecule has 1 fully saturated rings. The lowest BCUT2D eigenvalue weighted by Gasteiger charge is -2.22. The molecule has 1 saturated carbocycles. The minimum absolute atomic E-state index is 0.191. The van der Waals surface area contributed by atoms with Crippen LogP contribution in [0.1, 0.15) is 66.7 Å². The first-order valence-electron chi connectivity index (χ1n) is 8.57. The van der Waals surface area contributed by atoms with Crippen molar-refractivity contribution in [2.75, 3.05) is 5.32 Å². The monoisotopic (exact) mass is 329 g/mol. The van der Waals surface area contributed by atoms with Crippen molar-refractivity contribution in [3.05, 3.63) is 29.3 Å². The number of hydrogen-bond donors (Lipinski definition) is 2. The van der Waals surface area contributed by atoms with Gasteiger partial charge in [-0.15, -0.1) is 0 Å². The molecule has 4 amide bonds. The molecular formula is C18H23N3O3. The van der Waals surface area contributed by atoms with Crippen molar-refractivity contribution in [2.45, 2.75) is 58.0 Å². The second kappa shape index (κ2) is 6.63. The van der Waals surface area contributed by atoms with Crippen molar-refractivity contribution in [3.63, 3.8) is 0 Å². The Morgan fingerprint density at radius 3 is 2.42 bits per heavy atom. The molecule has 128 valence electrons. The second-order valence-electron chi connectivity index (χ2n) is 6.77. The molecule has 3 rings (SSSR count). The third-order valence-electron chi connectivity index (χ3n) is 4.63. The molecule has 0 unspecified atom stereocenters. The Bertz CT molecular complexity index is 678.